The number of rotatable bonds is 1. The maximum absolute atomic E-state index is 11.5. The first-order chi connectivity index (χ1) is 7.25. The summed E-state index contributed by atoms with van der Waals surface area (Å²) in [6.45, 7) is 2.14. The van der Waals surface area contributed by atoms with E-state index >= 15 is 0 Å². The number of hydrogen-bond donors (Lipinski definition) is 1. The number of carbonyl (C=O) groups is 1. The third kappa shape index (κ3) is 1.27. The second-order valence-corrected chi connectivity index (χ2v) is 4.37. The fourth-order valence-electron chi connectivity index (χ4n) is 2.27. The number of likely N-dealkylation sites (N-methyl/N-ethyl adjacent to an activating group) is 1. The van der Waals surface area contributed by atoms with Gasteiger partial charge in [0.25, 0.3) is 0 Å². The summed E-state index contributed by atoms with van der Waals surface area (Å²) in [5, 5.41) is 3.27. The maximum atomic E-state index is 11.5. The van der Waals surface area contributed by atoms with Crippen molar-refractivity contribution in [1.82, 2.24) is 5.32 Å². The largest absolute Gasteiger partial charge is 0.315 e. The van der Waals surface area contributed by atoms with Crippen LogP contribution >= 0.6 is 0 Å². The van der Waals surface area contributed by atoms with Gasteiger partial charge in [-0.05, 0) is 17.2 Å². The van der Waals surface area contributed by atoms with Gasteiger partial charge in [-0.15, -0.1) is 0 Å². The molecule has 1 saturated heterocycles. The number of anilines is 1. The number of fused-ring (bicyclic) bond motifs is 1. The predicted molar refractivity (Wildman–Crippen MR) is 59.2 cm³/mol. The molecule has 0 spiro atoms. The molecule has 1 aromatic rings. The molecule has 1 aromatic carbocycles. The van der Waals surface area contributed by atoms with E-state index in [2.05, 4.69) is 23.5 Å². The van der Waals surface area contributed by atoms with Crippen LogP contribution in [-0.4, -0.2) is 26.0 Å². The summed E-state index contributed by atoms with van der Waals surface area (Å²) >= 11 is 0. The van der Waals surface area contributed by atoms with Gasteiger partial charge in [0.2, 0.25) is 5.91 Å². The highest BCUT2D eigenvalue weighted by Gasteiger charge is 2.26. The topological polar surface area (TPSA) is 32.3 Å². The number of hydrogen-bond acceptors (Lipinski definition) is 2. The maximum Gasteiger partial charge on any atom is 0.231 e. The van der Waals surface area contributed by atoms with E-state index in [0.29, 0.717) is 12.3 Å². The van der Waals surface area contributed by atoms with E-state index in [4.69, 9.17) is 0 Å². The summed E-state index contributed by atoms with van der Waals surface area (Å²) in [5.74, 6) is 0.852. The highest BCUT2D eigenvalue weighted by atomic mass is 16.2. The number of amides is 1. The van der Waals surface area contributed by atoms with Crippen LogP contribution in [0.3, 0.4) is 0 Å². The van der Waals surface area contributed by atoms with E-state index in [0.717, 1.165) is 18.8 Å². The highest BCUT2D eigenvalue weighted by molar-refractivity contribution is 6.00. The van der Waals surface area contributed by atoms with Gasteiger partial charge in [0.15, 0.2) is 0 Å². The van der Waals surface area contributed by atoms with Gasteiger partial charge in [-0.3, -0.25) is 4.79 Å². The lowest BCUT2D eigenvalue weighted by molar-refractivity contribution is -0.117. The van der Waals surface area contributed by atoms with Crippen LogP contribution in [0.15, 0.2) is 18.2 Å². The molecule has 0 saturated carbocycles. The minimum atomic E-state index is 0.203. The third-order valence-electron chi connectivity index (χ3n) is 3.43. The molecule has 1 amide bonds. The standard InChI is InChI=1S/C12H14N2O/c1-14-11-3-2-8(10-6-13-7-10)4-9(11)5-12(14)15/h2-4,10,13H,5-7H2,1H3. The second-order valence-electron chi connectivity index (χ2n) is 4.37. The molecule has 0 atom stereocenters. The molecule has 3 nitrogen and oxygen atoms in total. The lowest BCUT2D eigenvalue weighted by atomic mass is 9.92. The van der Waals surface area contributed by atoms with Crippen molar-refractivity contribution in [3.63, 3.8) is 0 Å². The minimum absolute atomic E-state index is 0.203. The molecule has 2 heterocycles. The van der Waals surface area contributed by atoms with Crippen LogP contribution in [-0.2, 0) is 11.2 Å². The van der Waals surface area contributed by atoms with Crippen LogP contribution in [0.4, 0.5) is 5.69 Å². The summed E-state index contributed by atoms with van der Waals surface area (Å²) in [5.41, 5.74) is 3.64. The van der Waals surface area contributed by atoms with Crippen LogP contribution < -0.4 is 10.2 Å². The van der Waals surface area contributed by atoms with Crippen molar-refractivity contribution in [3.8, 4) is 0 Å². The molecule has 0 aromatic heterocycles. The van der Waals surface area contributed by atoms with Crippen LogP contribution in [0.2, 0.25) is 0 Å². The van der Waals surface area contributed by atoms with Gasteiger partial charge in [-0.25, -0.2) is 0 Å². The molecule has 0 unspecified atom stereocenters. The predicted octanol–water partition coefficient (Wildman–Crippen LogP) is 0.892. The minimum Gasteiger partial charge on any atom is -0.315 e. The van der Waals surface area contributed by atoms with E-state index < -0.39 is 0 Å². The molecule has 1 N–H and O–H groups in total. The van der Waals surface area contributed by atoms with Gasteiger partial charge in [0.05, 0.1) is 6.42 Å². The first kappa shape index (κ1) is 8.92. The third-order valence-corrected chi connectivity index (χ3v) is 3.43. The molecule has 78 valence electrons. The zero-order valence-electron chi connectivity index (χ0n) is 8.79. The van der Waals surface area contributed by atoms with Gasteiger partial charge in [-0.1, -0.05) is 12.1 Å². The smallest absolute Gasteiger partial charge is 0.231 e. The Balaban J connectivity index is 1.97. The number of benzene rings is 1. The zero-order chi connectivity index (χ0) is 10.4. The van der Waals surface area contributed by atoms with E-state index in [1.807, 2.05) is 7.05 Å². The Bertz CT molecular complexity index is 424. The summed E-state index contributed by atoms with van der Waals surface area (Å²) in [7, 11) is 1.85. The summed E-state index contributed by atoms with van der Waals surface area (Å²) in [6.07, 6.45) is 0.569. The SMILES string of the molecule is CN1C(=O)Cc2cc(C3CNC3)ccc21. The van der Waals surface area contributed by atoms with Crippen molar-refractivity contribution in [1.29, 1.82) is 0 Å². The molecular weight excluding hydrogens is 188 g/mol. The van der Waals surface area contributed by atoms with Gasteiger partial charge in [0.1, 0.15) is 0 Å². The molecule has 0 radical (unpaired) electrons. The zero-order valence-corrected chi connectivity index (χ0v) is 8.79. The quantitative estimate of drug-likeness (QED) is 0.733. The van der Waals surface area contributed by atoms with E-state index in [9.17, 15) is 4.79 Å². The Kier molecular flexibility index (Phi) is 1.83. The lowest BCUT2D eigenvalue weighted by Gasteiger charge is -2.28. The first-order valence-electron chi connectivity index (χ1n) is 5.36. The molecule has 0 aliphatic carbocycles. The van der Waals surface area contributed by atoms with Crippen LogP contribution in [0, 0.1) is 0 Å². The average molecular weight is 202 g/mol. The van der Waals surface area contributed by atoms with Crippen molar-refractivity contribution >= 4 is 11.6 Å². The highest BCUT2D eigenvalue weighted by Crippen LogP contribution is 2.31. The molecule has 2 aliphatic rings. The number of nitrogens with one attached hydrogen (secondary N) is 1. The average Bonchev–Trinajstić information content (AvgIpc) is 2.40. The molecule has 15 heavy (non-hydrogen) atoms. The van der Waals surface area contributed by atoms with Crippen molar-refractivity contribution in [2.45, 2.75) is 12.3 Å². The van der Waals surface area contributed by atoms with Crippen molar-refractivity contribution in [2.24, 2.45) is 0 Å². The van der Waals surface area contributed by atoms with Gasteiger partial charge >= 0.3 is 0 Å². The summed E-state index contributed by atoms with van der Waals surface area (Å²) in [4.78, 5) is 13.3. The lowest BCUT2D eigenvalue weighted by Crippen LogP contribution is -2.39. The van der Waals surface area contributed by atoms with Gasteiger partial charge < -0.3 is 10.2 Å². The molecule has 0 bridgehead atoms. The summed E-state index contributed by atoms with van der Waals surface area (Å²) in [6, 6.07) is 6.43. The first-order valence-corrected chi connectivity index (χ1v) is 5.36. The van der Waals surface area contributed by atoms with Crippen molar-refractivity contribution in [3.05, 3.63) is 29.3 Å². The van der Waals surface area contributed by atoms with Gasteiger partial charge in [-0.2, -0.15) is 0 Å². The van der Waals surface area contributed by atoms with E-state index in [-0.39, 0.29) is 5.91 Å². The number of carbonyl (C=O) groups excluding carboxylic acids is 1. The Morgan fingerprint density at radius 2 is 2.20 bits per heavy atom. The fraction of sp³-hybridized carbons (Fsp3) is 0.417. The Morgan fingerprint density at radius 1 is 1.40 bits per heavy atom. The van der Waals surface area contributed by atoms with E-state index in [1.165, 1.54) is 11.1 Å². The molecule has 3 rings (SSSR count). The van der Waals surface area contributed by atoms with Gasteiger partial charge in [0, 0.05) is 31.7 Å². The molecular formula is C12H14N2O. The Morgan fingerprint density at radius 3 is 2.87 bits per heavy atom. The van der Waals surface area contributed by atoms with Crippen LogP contribution in [0.25, 0.3) is 0 Å². The Labute approximate surface area is 89.1 Å². The monoisotopic (exact) mass is 202 g/mol. The van der Waals surface area contributed by atoms with E-state index in [1.54, 1.807) is 4.90 Å². The summed E-state index contributed by atoms with van der Waals surface area (Å²) < 4.78 is 0. The Hall–Kier alpha value is -1.35. The van der Waals surface area contributed by atoms with Crippen LogP contribution in [0.5, 0.6) is 0 Å². The van der Waals surface area contributed by atoms with Crippen LogP contribution in [0.1, 0.15) is 17.0 Å². The van der Waals surface area contributed by atoms with Crippen molar-refractivity contribution < 1.29 is 4.79 Å². The fourth-order valence-corrected chi connectivity index (χ4v) is 2.27. The molecule has 1 fully saturated rings. The molecule has 3 heteroatoms. The van der Waals surface area contributed by atoms with Crippen molar-refractivity contribution in [2.75, 3.05) is 25.0 Å². The number of nitrogens with zero attached hydrogens (tertiary/aromatic N) is 1. The second kappa shape index (κ2) is 3.07. The molecule has 2 aliphatic heterocycles. The normalized spacial score (nSPS) is 20.3.